The lowest BCUT2D eigenvalue weighted by Crippen LogP contribution is -2.46. The molecule has 2 aromatic carbocycles. The first-order chi connectivity index (χ1) is 16.1. The van der Waals surface area contributed by atoms with Crippen LogP contribution in [0.1, 0.15) is 28.8 Å². The Balaban J connectivity index is 1.23. The van der Waals surface area contributed by atoms with E-state index in [-0.39, 0.29) is 11.9 Å². The van der Waals surface area contributed by atoms with Gasteiger partial charge in [0.25, 0.3) is 5.91 Å². The average Bonchev–Trinajstić information content (AvgIpc) is 2.85. The zero-order valence-corrected chi connectivity index (χ0v) is 19.3. The largest absolute Gasteiger partial charge is 0.491 e. The van der Waals surface area contributed by atoms with E-state index < -0.39 is 0 Å². The quantitative estimate of drug-likeness (QED) is 0.775. The lowest BCUT2D eigenvalue weighted by molar-refractivity contribution is -0.119. The second kappa shape index (κ2) is 9.43. The topological polar surface area (TPSA) is 65.1 Å². The zero-order chi connectivity index (χ0) is 22.8. The van der Waals surface area contributed by atoms with Crippen molar-refractivity contribution in [3.8, 4) is 5.75 Å². The molecular weight excluding hydrogens is 416 g/mol. The molecule has 2 fully saturated rings. The summed E-state index contributed by atoms with van der Waals surface area (Å²) in [5, 5.41) is 3.17. The number of piperidine rings is 1. The van der Waals surface area contributed by atoms with Crippen LogP contribution in [-0.4, -0.2) is 75.6 Å². The molecule has 174 valence electrons. The summed E-state index contributed by atoms with van der Waals surface area (Å²) in [5.41, 5.74) is 4.12. The van der Waals surface area contributed by atoms with Gasteiger partial charge in [0, 0.05) is 81.0 Å². The van der Waals surface area contributed by atoms with Crippen molar-refractivity contribution in [3.05, 3.63) is 53.6 Å². The zero-order valence-electron chi connectivity index (χ0n) is 19.3. The van der Waals surface area contributed by atoms with Crippen LogP contribution in [0.5, 0.6) is 5.75 Å². The van der Waals surface area contributed by atoms with Crippen LogP contribution >= 0.6 is 0 Å². The minimum absolute atomic E-state index is 0.0635. The van der Waals surface area contributed by atoms with Crippen LogP contribution in [0.25, 0.3) is 0 Å². The summed E-state index contributed by atoms with van der Waals surface area (Å²) in [6, 6.07) is 13.9. The molecule has 0 spiro atoms. The summed E-state index contributed by atoms with van der Waals surface area (Å²) in [6.07, 6.45) is 1.96. The number of carbonyl (C=O) groups excluding carboxylic acids is 2. The Bertz CT molecular complexity index is 1000. The molecule has 7 heteroatoms. The first-order valence-electron chi connectivity index (χ1n) is 11.9. The van der Waals surface area contributed by atoms with E-state index in [0.29, 0.717) is 30.8 Å². The van der Waals surface area contributed by atoms with E-state index >= 15 is 0 Å². The predicted octanol–water partition coefficient (Wildman–Crippen LogP) is 2.34. The molecular formula is C26H32N4O3. The number of hydrogen-bond donors (Lipinski definition) is 1. The Morgan fingerprint density at radius 1 is 0.939 bits per heavy atom. The van der Waals surface area contributed by atoms with Crippen LogP contribution in [0.15, 0.2) is 42.5 Å². The van der Waals surface area contributed by atoms with Gasteiger partial charge in [-0.2, -0.15) is 0 Å². The van der Waals surface area contributed by atoms with Crippen LogP contribution in [-0.2, 0) is 11.2 Å². The van der Waals surface area contributed by atoms with Gasteiger partial charge in [0.1, 0.15) is 18.1 Å². The van der Waals surface area contributed by atoms with Crippen LogP contribution in [0.2, 0.25) is 0 Å². The molecule has 1 atom stereocenters. The molecule has 0 bridgehead atoms. The maximum atomic E-state index is 12.9. The third-order valence-corrected chi connectivity index (χ3v) is 6.99. The smallest absolute Gasteiger partial charge is 0.251 e. The number of amides is 1. The van der Waals surface area contributed by atoms with Crippen molar-refractivity contribution in [2.45, 2.75) is 25.3 Å². The van der Waals surface area contributed by atoms with Crippen LogP contribution in [0, 0.1) is 0 Å². The highest BCUT2D eigenvalue weighted by Crippen LogP contribution is 2.34. The minimum Gasteiger partial charge on any atom is -0.491 e. The number of piperazine rings is 1. The standard InChI is InChI=1S/C26H32N4O3/c1-28-13-15-30(16-14-28)24-3-2-4-25-23(24)17-20(18-33-25)27-26(32)19-5-7-21(8-6-19)29-11-9-22(31)10-12-29/h2-8,20H,9-18H2,1H3,(H,27,32)/t20-/m0/s1. The van der Waals surface area contributed by atoms with Crippen molar-refractivity contribution in [2.75, 3.05) is 62.7 Å². The average molecular weight is 449 g/mol. The third-order valence-electron chi connectivity index (χ3n) is 6.99. The van der Waals surface area contributed by atoms with Gasteiger partial charge in [0.2, 0.25) is 0 Å². The predicted molar refractivity (Wildman–Crippen MR) is 130 cm³/mol. The molecule has 5 rings (SSSR count). The maximum absolute atomic E-state index is 12.9. The maximum Gasteiger partial charge on any atom is 0.251 e. The number of benzene rings is 2. The number of rotatable bonds is 4. The Labute approximate surface area is 195 Å². The second-order valence-corrected chi connectivity index (χ2v) is 9.30. The lowest BCUT2D eigenvalue weighted by atomic mass is 9.99. The number of anilines is 2. The van der Waals surface area contributed by atoms with E-state index in [2.05, 4.69) is 39.2 Å². The number of likely N-dealkylation sites (N-methyl/N-ethyl adjacent to an activating group) is 1. The first kappa shape index (κ1) is 21.8. The summed E-state index contributed by atoms with van der Waals surface area (Å²) in [7, 11) is 2.16. The monoisotopic (exact) mass is 448 g/mol. The Kier molecular flexibility index (Phi) is 6.22. The fourth-order valence-electron chi connectivity index (χ4n) is 4.93. The molecule has 33 heavy (non-hydrogen) atoms. The molecule has 3 aliphatic heterocycles. The summed E-state index contributed by atoms with van der Waals surface area (Å²) in [5.74, 6) is 1.18. The van der Waals surface area contributed by atoms with E-state index in [1.54, 1.807) is 0 Å². The second-order valence-electron chi connectivity index (χ2n) is 9.30. The highest BCUT2D eigenvalue weighted by atomic mass is 16.5. The fourth-order valence-corrected chi connectivity index (χ4v) is 4.93. The molecule has 3 aliphatic rings. The normalized spacial score (nSPS) is 21.4. The van der Waals surface area contributed by atoms with Gasteiger partial charge in [-0.25, -0.2) is 0 Å². The van der Waals surface area contributed by atoms with Crippen molar-refractivity contribution >= 4 is 23.1 Å². The molecule has 2 saturated heterocycles. The third kappa shape index (κ3) is 4.83. The Morgan fingerprint density at radius 3 is 2.39 bits per heavy atom. The number of fused-ring (bicyclic) bond motifs is 1. The highest BCUT2D eigenvalue weighted by molar-refractivity contribution is 5.94. The van der Waals surface area contributed by atoms with Gasteiger partial charge >= 0.3 is 0 Å². The van der Waals surface area contributed by atoms with E-state index in [9.17, 15) is 9.59 Å². The van der Waals surface area contributed by atoms with Gasteiger partial charge in [-0.1, -0.05) is 6.07 Å². The summed E-state index contributed by atoms with van der Waals surface area (Å²) >= 11 is 0. The van der Waals surface area contributed by atoms with Crippen molar-refractivity contribution in [2.24, 2.45) is 0 Å². The lowest BCUT2D eigenvalue weighted by Gasteiger charge is -2.37. The van der Waals surface area contributed by atoms with Crippen molar-refractivity contribution in [1.29, 1.82) is 0 Å². The highest BCUT2D eigenvalue weighted by Gasteiger charge is 2.27. The van der Waals surface area contributed by atoms with Crippen LogP contribution in [0.3, 0.4) is 0 Å². The van der Waals surface area contributed by atoms with E-state index in [0.717, 1.165) is 57.1 Å². The van der Waals surface area contributed by atoms with Gasteiger partial charge in [0.05, 0.1) is 6.04 Å². The molecule has 0 unspecified atom stereocenters. The van der Waals surface area contributed by atoms with Gasteiger partial charge in [-0.3, -0.25) is 9.59 Å². The van der Waals surface area contributed by atoms with Gasteiger partial charge in [-0.15, -0.1) is 0 Å². The van der Waals surface area contributed by atoms with Gasteiger partial charge in [0.15, 0.2) is 0 Å². The van der Waals surface area contributed by atoms with Crippen LogP contribution in [0.4, 0.5) is 11.4 Å². The molecule has 0 radical (unpaired) electrons. The molecule has 1 N–H and O–H groups in total. The molecule has 2 aromatic rings. The number of ketones is 1. The van der Waals surface area contributed by atoms with Gasteiger partial charge in [-0.05, 0) is 43.4 Å². The molecule has 3 heterocycles. The van der Waals surface area contributed by atoms with E-state index in [4.69, 9.17) is 4.74 Å². The molecule has 0 aromatic heterocycles. The number of Topliss-reactive ketones (excluding diaryl/α,β-unsaturated/α-hetero) is 1. The Hall–Kier alpha value is -3.06. The van der Waals surface area contributed by atoms with Crippen LogP contribution < -0.4 is 19.9 Å². The van der Waals surface area contributed by atoms with Crippen molar-refractivity contribution in [3.63, 3.8) is 0 Å². The number of ether oxygens (including phenoxy) is 1. The number of hydrogen-bond acceptors (Lipinski definition) is 6. The van der Waals surface area contributed by atoms with E-state index in [1.807, 2.05) is 30.3 Å². The van der Waals surface area contributed by atoms with Crippen molar-refractivity contribution < 1.29 is 14.3 Å². The fraction of sp³-hybridized carbons (Fsp3) is 0.462. The molecule has 0 saturated carbocycles. The van der Waals surface area contributed by atoms with E-state index in [1.165, 1.54) is 11.3 Å². The van der Waals surface area contributed by atoms with Crippen molar-refractivity contribution in [1.82, 2.24) is 10.2 Å². The molecule has 7 nitrogen and oxygen atoms in total. The SMILES string of the molecule is CN1CCN(c2cccc3c2C[C@H](NC(=O)c2ccc(N4CCC(=O)CC4)cc2)CO3)CC1. The molecule has 0 aliphatic carbocycles. The first-order valence-corrected chi connectivity index (χ1v) is 11.9. The summed E-state index contributed by atoms with van der Waals surface area (Å²) in [4.78, 5) is 31.4. The molecule has 1 amide bonds. The van der Waals surface area contributed by atoms with Gasteiger partial charge < -0.3 is 24.8 Å². The minimum atomic E-state index is -0.0792. The summed E-state index contributed by atoms with van der Waals surface area (Å²) in [6.45, 7) is 6.08. The summed E-state index contributed by atoms with van der Waals surface area (Å²) < 4.78 is 6.05. The number of nitrogens with zero attached hydrogens (tertiary/aromatic N) is 3. The Morgan fingerprint density at radius 2 is 1.67 bits per heavy atom. The number of nitrogens with one attached hydrogen (secondary N) is 1. The number of carbonyl (C=O) groups is 2.